The molecule has 0 aliphatic carbocycles. The van der Waals surface area contributed by atoms with Crippen molar-refractivity contribution in [3.8, 4) is 0 Å². The number of benzene rings is 2. The smallest absolute Gasteiger partial charge is 0.145 e. The number of halogens is 5. The van der Waals surface area contributed by atoms with Crippen molar-refractivity contribution in [2.75, 3.05) is 7.05 Å². The molecule has 1 unspecified atom stereocenters. The van der Waals surface area contributed by atoms with E-state index in [4.69, 9.17) is 23.2 Å². The molecule has 6 heteroatoms. The van der Waals surface area contributed by atoms with Gasteiger partial charge in [-0.3, -0.25) is 0 Å². The highest BCUT2D eigenvalue weighted by Crippen LogP contribution is 2.32. The Morgan fingerprint density at radius 2 is 1.70 bits per heavy atom. The van der Waals surface area contributed by atoms with Crippen LogP contribution in [0.15, 0.2) is 34.8 Å². The summed E-state index contributed by atoms with van der Waals surface area (Å²) in [5.41, 5.74) is 0.501. The van der Waals surface area contributed by atoms with Gasteiger partial charge in [0.05, 0.1) is 10.5 Å². The van der Waals surface area contributed by atoms with Gasteiger partial charge in [-0.15, -0.1) is 0 Å². The van der Waals surface area contributed by atoms with Crippen LogP contribution in [0, 0.1) is 11.6 Å². The molecular formula is C14H10BrCl2F2N. The molecule has 0 fully saturated rings. The first-order valence-electron chi connectivity index (χ1n) is 5.70. The zero-order valence-corrected chi connectivity index (χ0v) is 13.5. The molecule has 1 N–H and O–H groups in total. The van der Waals surface area contributed by atoms with E-state index in [1.54, 1.807) is 25.2 Å². The Morgan fingerprint density at radius 1 is 1.10 bits per heavy atom. The minimum Gasteiger partial charge on any atom is -0.309 e. The molecule has 2 rings (SSSR count). The van der Waals surface area contributed by atoms with Crippen molar-refractivity contribution < 1.29 is 8.78 Å². The summed E-state index contributed by atoms with van der Waals surface area (Å²) in [6.07, 6.45) is 0. The minimum atomic E-state index is -0.691. The van der Waals surface area contributed by atoms with Crippen molar-refractivity contribution >= 4 is 39.1 Å². The number of hydrogen-bond donors (Lipinski definition) is 1. The lowest BCUT2D eigenvalue weighted by molar-refractivity contribution is 0.518. The Bertz CT molecular complexity index is 629. The molecule has 2 aromatic carbocycles. The molecule has 1 nitrogen and oxygen atoms in total. The second kappa shape index (κ2) is 6.39. The molecular weight excluding hydrogens is 371 g/mol. The van der Waals surface area contributed by atoms with Gasteiger partial charge < -0.3 is 5.32 Å². The van der Waals surface area contributed by atoms with E-state index in [2.05, 4.69) is 21.2 Å². The van der Waals surface area contributed by atoms with Gasteiger partial charge in [-0.25, -0.2) is 8.78 Å². The van der Waals surface area contributed by atoms with Crippen LogP contribution in [0.3, 0.4) is 0 Å². The maximum absolute atomic E-state index is 14.2. The third-order valence-corrected chi connectivity index (χ3v) is 3.92. The number of nitrogens with one attached hydrogen (secondary N) is 1. The predicted octanol–water partition coefficient (Wildman–Crippen LogP) is 5.34. The summed E-state index contributed by atoms with van der Waals surface area (Å²) in [4.78, 5) is 0. The Labute approximate surface area is 134 Å². The van der Waals surface area contributed by atoms with Crippen molar-refractivity contribution in [2.24, 2.45) is 0 Å². The Kier molecular flexibility index (Phi) is 5.02. The number of rotatable bonds is 3. The molecule has 0 aromatic heterocycles. The molecule has 0 saturated carbocycles. The quantitative estimate of drug-likeness (QED) is 0.708. The average molecular weight is 381 g/mol. The zero-order valence-electron chi connectivity index (χ0n) is 10.4. The highest BCUT2D eigenvalue weighted by molar-refractivity contribution is 9.10. The van der Waals surface area contributed by atoms with E-state index < -0.39 is 17.7 Å². The molecule has 1 atom stereocenters. The van der Waals surface area contributed by atoms with Gasteiger partial charge >= 0.3 is 0 Å². The molecule has 2 aromatic rings. The van der Waals surface area contributed by atoms with Crippen LogP contribution in [0.25, 0.3) is 0 Å². The lowest BCUT2D eigenvalue weighted by Gasteiger charge is -2.19. The molecule has 0 radical (unpaired) electrons. The average Bonchev–Trinajstić information content (AvgIpc) is 2.38. The summed E-state index contributed by atoms with van der Waals surface area (Å²) in [5.74, 6) is -1.29. The Hall–Kier alpha value is -0.680. The first-order chi connectivity index (χ1) is 9.43. The monoisotopic (exact) mass is 379 g/mol. The van der Waals surface area contributed by atoms with Gasteiger partial charge in [0.15, 0.2) is 0 Å². The fraction of sp³-hybridized carbons (Fsp3) is 0.143. The van der Waals surface area contributed by atoms with Crippen LogP contribution >= 0.6 is 39.1 Å². The molecule has 20 heavy (non-hydrogen) atoms. The summed E-state index contributed by atoms with van der Waals surface area (Å²) < 4.78 is 28.4. The summed E-state index contributed by atoms with van der Waals surface area (Å²) in [6, 6.07) is 6.64. The maximum atomic E-state index is 14.2. The molecule has 106 valence electrons. The van der Waals surface area contributed by atoms with Crippen molar-refractivity contribution in [1.29, 1.82) is 0 Å². The van der Waals surface area contributed by atoms with Crippen LogP contribution in [-0.4, -0.2) is 7.05 Å². The molecule has 0 heterocycles. The Morgan fingerprint density at radius 3 is 2.25 bits per heavy atom. The summed E-state index contributed by atoms with van der Waals surface area (Å²) in [6.45, 7) is 0. The largest absolute Gasteiger partial charge is 0.309 e. The van der Waals surface area contributed by atoms with Crippen molar-refractivity contribution in [3.63, 3.8) is 0 Å². The van der Waals surface area contributed by atoms with Gasteiger partial charge in [0, 0.05) is 15.6 Å². The molecule has 0 bridgehead atoms. The highest BCUT2D eigenvalue weighted by atomic mass is 79.9. The fourth-order valence-corrected chi connectivity index (χ4v) is 2.92. The van der Waals surface area contributed by atoms with Gasteiger partial charge in [0.25, 0.3) is 0 Å². The fourth-order valence-electron chi connectivity index (χ4n) is 2.03. The number of hydrogen-bond acceptors (Lipinski definition) is 1. The van der Waals surface area contributed by atoms with Gasteiger partial charge in [-0.1, -0.05) is 23.2 Å². The zero-order chi connectivity index (χ0) is 14.9. The van der Waals surface area contributed by atoms with Crippen LogP contribution in [0.4, 0.5) is 8.78 Å². The molecule has 0 spiro atoms. The minimum absolute atomic E-state index is 0.0831. The molecule has 0 saturated heterocycles. The molecule has 0 amide bonds. The van der Waals surface area contributed by atoms with Crippen molar-refractivity contribution in [1.82, 2.24) is 5.32 Å². The third-order valence-electron chi connectivity index (χ3n) is 2.88. The topological polar surface area (TPSA) is 12.0 Å². The summed E-state index contributed by atoms with van der Waals surface area (Å²) >= 11 is 14.9. The second-order valence-corrected chi connectivity index (χ2v) is 5.91. The van der Waals surface area contributed by atoms with Crippen LogP contribution in [0.5, 0.6) is 0 Å². The van der Waals surface area contributed by atoms with E-state index in [9.17, 15) is 8.78 Å². The molecule has 0 aliphatic heterocycles. The standard InChI is InChI=1S/C14H10BrCl2F2N/c1-20-14(7-4-8(16)6-9(17)5-7)12-11(18)3-2-10(15)13(12)19/h2-6,14,20H,1H3. The van der Waals surface area contributed by atoms with E-state index in [0.717, 1.165) is 0 Å². The maximum Gasteiger partial charge on any atom is 0.145 e. The normalized spacial score (nSPS) is 12.5. The second-order valence-electron chi connectivity index (χ2n) is 4.18. The van der Waals surface area contributed by atoms with Crippen molar-refractivity contribution in [2.45, 2.75) is 6.04 Å². The van der Waals surface area contributed by atoms with Crippen LogP contribution in [0.2, 0.25) is 10.0 Å². The van der Waals surface area contributed by atoms with Crippen LogP contribution in [0.1, 0.15) is 17.2 Å². The first-order valence-corrected chi connectivity index (χ1v) is 7.25. The summed E-state index contributed by atoms with van der Waals surface area (Å²) in [5, 5.41) is 3.69. The van der Waals surface area contributed by atoms with E-state index >= 15 is 0 Å². The molecule has 0 aliphatic rings. The summed E-state index contributed by atoms with van der Waals surface area (Å²) in [7, 11) is 1.61. The van der Waals surface area contributed by atoms with Gasteiger partial charge in [0.1, 0.15) is 11.6 Å². The lowest BCUT2D eigenvalue weighted by Crippen LogP contribution is -2.20. The van der Waals surface area contributed by atoms with Gasteiger partial charge in [-0.2, -0.15) is 0 Å². The Balaban J connectivity index is 2.61. The highest BCUT2D eigenvalue weighted by Gasteiger charge is 2.23. The van der Waals surface area contributed by atoms with Crippen LogP contribution in [-0.2, 0) is 0 Å². The van der Waals surface area contributed by atoms with E-state index in [1.807, 2.05) is 0 Å². The van der Waals surface area contributed by atoms with Crippen LogP contribution < -0.4 is 5.32 Å². The lowest BCUT2D eigenvalue weighted by atomic mass is 9.98. The van der Waals surface area contributed by atoms with E-state index in [1.165, 1.54) is 12.1 Å². The van der Waals surface area contributed by atoms with Crippen molar-refractivity contribution in [3.05, 3.63) is 67.6 Å². The first kappa shape index (κ1) is 15.7. The van der Waals surface area contributed by atoms with Gasteiger partial charge in [-0.05, 0) is 58.9 Å². The SMILES string of the molecule is CNC(c1cc(Cl)cc(Cl)c1)c1c(F)ccc(Br)c1F. The predicted molar refractivity (Wildman–Crippen MR) is 81.4 cm³/mol. The van der Waals surface area contributed by atoms with Gasteiger partial charge in [0.2, 0.25) is 0 Å². The van der Waals surface area contributed by atoms with E-state index in [0.29, 0.717) is 15.6 Å². The third kappa shape index (κ3) is 3.14. The van der Waals surface area contributed by atoms with E-state index in [-0.39, 0.29) is 10.0 Å².